The highest BCUT2D eigenvalue weighted by Gasteiger charge is 2.23. The van der Waals surface area contributed by atoms with Gasteiger partial charge in [0.05, 0.1) is 32.4 Å². The molecular formula is C25H24ClN3O3S2. The molecule has 0 spiro atoms. The van der Waals surface area contributed by atoms with Crippen molar-refractivity contribution in [1.29, 1.82) is 0 Å². The Morgan fingerprint density at radius 2 is 1.74 bits per heavy atom. The number of hydrogen-bond donors (Lipinski definition) is 0. The monoisotopic (exact) mass is 513 g/mol. The highest BCUT2D eigenvalue weighted by Crippen LogP contribution is 2.36. The van der Waals surface area contributed by atoms with E-state index < -0.39 is 9.84 Å². The third-order valence-corrected chi connectivity index (χ3v) is 8.85. The van der Waals surface area contributed by atoms with E-state index in [2.05, 4.69) is 4.98 Å². The van der Waals surface area contributed by atoms with Crippen LogP contribution in [0, 0.1) is 13.8 Å². The number of pyridine rings is 1. The molecule has 34 heavy (non-hydrogen) atoms. The van der Waals surface area contributed by atoms with Crippen molar-refractivity contribution in [2.24, 2.45) is 0 Å². The van der Waals surface area contributed by atoms with E-state index in [4.69, 9.17) is 16.6 Å². The van der Waals surface area contributed by atoms with Crippen LogP contribution in [-0.2, 0) is 21.2 Å². The number of rotatable bonds is 8. The topological polar surface area (TPSA) is 80.2 Å². The van der Waals surface area contributed by atoms with Gasteiger partial charge in [-0.2, -0.15) is 0 Å². The van der Waals surface area contributed by atoms with Crippen molar-refractivity contribution in [3.8, 4) is 0 Å². The summed E-state index contributed by atoms with van der Waals surface area (Å²) in [6.07, 6.45) is 3.64. The van der Waals surface area contributed by atoms with E-state index >= 15 is 0 Å². The first-order valence-corrected chi connectivity index (χ1v) is 13.6. The summed E-state index contributed by atoms with van der Waals surface area (Å²) in [6.45, 7) is 4.17. The molecule has 0 N–H and O–H groups in total. The Balaban J connectivity index is 1.55. The van der Waals surface area contributed by atoms with Crippen molar-refractivity contribution in [1.82, 2.24) is 9.97 Å². The SMILES string of the molecule is Cc1ccc(S(=O)(=O)CCCC(=O)N(Cc2ccncc2)c2nc3c(C)ccc(Cl)c3s2)cc1. The molecule has 176 valence electrons. The van der Waals surface area contributed by atoms with E-state index in [1.807, 2.05) is 38.1 Å². The average molecular weight is 514 g/mol. The first-order chi connectivity index (χ1) is 16.2. The van der Waals surface area contributed by atoms with Gasteiger partial charge in [0.15, 0.2) is 15.0 Å². The fraction of sp³-hybridized carbons (Fsp3) is 0.240. The average Bonchev–Trinajstić information content (AvgIpc) is 3.27. The molecule has 1 amide bonds. The number of amides is 1. The Bertz CT molecular complexity index is 1380. The Hall–Kier alpha value is -2.81. The lowest BCUT2D eigenvalue weighted by molar-refractivity contribution is -0.118. The molecule has 0 saturated carbocycles. The third kappa shape index (κ3) is 5.46. The predicted octanol–water partition coefficient (Wildman–Crippen LogP) is 5.75. The number of anilines is 1. The molecular weight excluding hydrogens is 490 g/mol. The van der Waals surface area contributed by atoms with Crippen molar-refractivity contribution >= 4 is 54.0 Å². The number of nitrogens with zero attached hydrogens (tertiary/aromatic N) is 3. The summed E-state index contributed by atoms with van der Waals surface area (Å²) in [5.74, 6) is -0.292. The summed E-state index contributed by atoms with van der Waals surface area (Å²) in [4.78, 5) is 23.9. The lowest BCUT2D eigenvalue weighted by atomic mass is 10.2. The quantitative estimate of drug-likeness (QED) is 0.300. The minimum atomic E-state index is -3.46. The zero-order chi connectivity index (χ0) is 24.3. The Morgan fingerprint density at radius 3 is 2.41 bits per heavy atom. The van der Waals surface area contributed by atoms with E-state index in [1.54, 1.807) is 41.6 Å². The highest BCUT2D eigenvalue weighted by atomic mass is 35.5. The van der Waals surface area contributed by atoms with Gasteiger partial charge in [-0.05, 0) is 61.7 Å². The Morgan fingerprint density at radius 1 is 1.03 bits per heavy atom. The fourth-order valence-electron chi connectivity index (χ4n) is 3.55. The molecule has 2 aromatic heterocycles. The lowest BCUT2D eigenvalue weighted by Crippen LogP contribution is -2.30. The van der Waals surface area contributed by atoms with Crippen LogP contribution in [0.4, 0.5) is 5.13 Å². The van der Waals surface area contributed by atoms with Gasteiger partial charge in [-0.15, -0.1) is 0 Å². The number of halogens is 1. The molecule has 0 saturated heterocycles. The summed E-state index contributed by atoms with van der Waals surface area (Å²) in [6, 6.07) is 14.2. The lowest BCUT2D eigenvalue weighted by Gasteiger charge is -2.20. The number of carbonyl (C=O) groups is 1. The summed E-state index contributed by atoms with van der Waals surface area (Å²) in [7, 11) is -3.46. The van der Waals surface area contributed by atoms with E-state index in [0.29, 0.717) is 16.7 Å². The number of benzene rings is 2. The van der Waals surface area contributed by atoms with Crippen LogP contribution in [0.3, 0.4) is 0 Å². The first kappa shape index (κ1) is 24.3. The Kier molecular flexibility index (Phi) is 7.30. The maximum Gasteiger partial charge on any atom is 0.229 e. The maximum atomic E-state index is 13.3. The van der Waals surface area contributed by atoms with Crippen LogP contribution in [0.2, 0.25) is 5.02 Å². The molecule has 9 heteroatoms. The molecule has 6 nitrogen and oxygen atoms in total. The number of aromatic nitrogens is 2. The first-order valence-electron chi connectivity index (χ1n) is 10.8. The van der Waals surface area contributed by atoms with E-state index in [1.165, 1.54) is 11.3 Å². The fourth-order valence-corrected chi connectivity index (χ4v) is 6.20. The van der Waals surface area contributed by atoms with Crippen molar-refractivity contribution in [2.45, 2.75) is 38.1 Å². The number of thiazole rings is 1. The molecule has 0 fully saturated rings. The van der Waals surface area contributed by atoms with Gasteiger partial charge in [0.1, 0.15) is 0 Å². The number of hydrogen-bond acceptors (Lipinski definition) is 6. The largest absolute Gasteiger partial charge is 0.284 e. The van der Waals surface area contributed by atoms with Crippen molar-refractivity contribution in [3.63, 3.8) is 0 Å². The van der Waals surface area contributed by atoms with Crippen molar-refractivity contribution < 1.29 is 13.2 Å². The molecule has 0 aliphatic heterocycles. The highest BCUT2D eigenvalue weighted by molar-refractivity contribution is 7.91. The molecule has 2 aromatic carbocycles. The van der Waals surface area contributed by atoms with Gasteiger partial charge in [0.2, 0.25) is 5.91 Å². The van der Waals surface area contributed by atoms with E-state index in [-0.39, 0.29) is 29.4 Å². The molecule has 4 aromatic rings. The van der Waals surface area contributed by atoms with E-state index in [0.717, 1.165) is 26.9 Å². The normalized spacial score (nSPS) is 11.6. The zero-order valence-corrected chi connectivity index (χ0v) is 21.3. The molecule has 4 rings (SSSR count). The van der Waals surface area contributed by atoms with Crippen LogP contribution < -0.4 is 4.90 Å². The summed E-state index contributed by atoms with van der Waals surface area (Å²) in [5, 5.41) is 1.12. The van der Waals surface area contributed by atoms with E-state index in [9.17, 15) is 13.2 Å². The maximum absolute atomic E-state index is 13.3. The second kappa shape index (κ2) is 10.2. The smallest absolute Gasteiger partial charge is 0.229 e. The molecule has 2 heterocycles. The van der Waals surface area contributed by atoms with Crippen LogP contribution in [0.1, 0.15) is 29.5 Å². The van der Waals surface area contributed by atoms with Gasteiger partial charge in [-0.1, -0.05) is 46.7 Å². The number of aryl methyl sites for hydroxylation is 2. The summed E-state index contributed by atoms with van der Waals surface area (Å²) >= 11 is 7.74. The standard InChI is InChI=1S/C25H24ClN3O3S2/c1-17-5-8-20(9-6-17)34(31,32)15-3-4-22(30)29(16-19-11-13-27-14-12-19)25-28-23-18(2)7-10-21(26)24(23)33-25/h5-14H,3-4,15-16H2,1-2H3. The Labute approximate surface area is 208 Å². The van der Waals surface area contributed by atoms with Gasteiger partial charge >= 0.3 is 0 Å². The number of sulfone groups is 1. The molecule has 0 bridgehead atoms. The predicted molar refractivity (Wildman–Crippen MR) is 137 cm³/mol. The van der Waals surface area contributed by atoms with Crippen molar-refractivity contribution in [2.75, 3.05) is 10.7 Å². The molecule has 0 unspecified atom stereocenters. The molecule has 0 aliphatic carbocycles. The number of fused-ring (bicyclic) bond motifs is 1. The second-order valence-corrected chi connectivity index (χ2v) is 11.6. The van der Waals surface area contributed by atoms with Crippen LogP contribution in [-0.4, -0.2) is 30.0 Å². The zero-order valence-electron chi connectivity index (χ0n) is 18.9. The van der Waals surface area contributed by atoms with Crippen LogP contribution in [0.15, 0.2) is 65.8 Å². The summed E-state index contributed by atoms with van der Waals surface area (Å²) in [5.41, 5.74) is 3.63. The van der Waals surface area contributed by atoms with Crippen molar-refractivity contribution in [3.05, 3.63) is 82.6 Å². The van der Waals surface area contributed by atoms with Gasteiger partial charge in [-0.25, -0.2) is 13.4 Å². The van der Waals surface area contributed by atoms with Gasteiger partial charge in [0.25, 0.3) is 0 Å². The van der Waals surface area contributed by atoms with Crippen LogP contribution >= 0.6 is 22.9 Å². The van der Waals surface area contributed by atoms with Crippen LogP contribution in [0.5, 0.6) is 0 Å². The van der Waals surface area contributed by atoms with Crippen LogP contribution in [0.25, 0.3) is 10.2 Å². The van der Waals surface area contributed by atoms with Gasteiger partial charge in [0, 0.05) is 18.8 Å². The minimum Gasteiger partial charge on any atom is -0.284 e. The van der Waals surface area contributed by atoms with Gasteiger partial charge < -0.3 is 0 Å². The summed E-state index contributed by atoms with van der Waals surface area (Å²) < 4.78 is 26.2. The second-order valence-electron chi connectivity index (χ2n) is 8.11. The molecule has 0 aliphatic rings. The minimum absolute atomic E-state index is 0.0822. The third-order valence-electron chi connectivity index (χ3n) is 5.49. The molecule has 0 radical (unpaired) electrons. The number of carbonyl (C=O) groups excluding carboxylic acids is 1. The van der Waals surface area contributed by atoms with Gasteiger partial charge in [-0.3, -0.25) is 14.7 Å². The molecule has 0 atom stereocenters.